The van der Waals surface area contributed by atoms with Crippen LogP contribution in [0.2, 0.25) is 0 Å². The van der Waals surface area contributed by atoms with Gasteiger partial charge in [-0.05, 0) is 18.1 Å². The van der Waals surface area contributed by atoms with Crippen LogP contribution in [0.25, 0.3) is 5.70 Å². The van der Waals surface area contributed by atoms with E-state index < -0.39 is 5.82 Å². The summed E-state index contributed by atoms with van der Waals surface area (Å²) in [6.07, 6.45) is -0.337. The van der Waals surface area contributed by atoms with Crippen LogP contribution in [0.1, 0.15) is 19.4 Å². The Balaban J connectivity index is 2.11. The molecule has 3 rings (SSSR count). The van der Waals surface area contributed by atoms with Crippen molar-refractivity contribution in [2.24, 2.45) is 5.92 Å². The first kappa shape index (κ1) is 13.8. The Morgan fingerprint density at radius 3 is 2.86 bits per heavy atom. The number of nitrogens with one attached hydrogen (secondary N) is 3. The van der Waals surface area contributed by atoms with Gasteiger partial charge in [-0.2, -0.15) is 0 Å². The maximum absolute atomic E-state index is 13.7. The fourth-order valence-electron chi connectivity index (χ4n) is 2.62. The molecule has 21 heavy (non-hydrogen) atoms. The summed E-state index contributed by atoms with van der Waals surface area (Å²) in [4.78, 5) is 12.6. The number of hydrogen-bond donors (Lipinski definition) is 4. The maximum Gasteiger partial charge on any atom is 0.269 e. The van der Waals surface area contributed by atoms with Crippen molar-refractivity contribution in [2.45, 2.75) is 20.1 Å². The van der Waals surface area contributed by atoms with Gasteiger partial charge in [0, 0.05) is 11.1 Å². The van der Waals surface area contributed by atoms with E-state index in [1.807, 2.05) is 13.8 Å². The van der Waals surface area contributed by atoms with Gasteiger partial charge in [-0.15, -0.1) is 0 Å². The molecule has 0 saturated carbocycles. The molecule has 6 nitrogen and oxygen atoms in total. The summed E-state index contributed by atoms with van der Waals surface area (Å²) >= 11 is 0. The quantitative estimate of drug-likeness (QED) is 0.598. The van der Waals surface area contributed by atoms with Gasteiger partial charge in [0.15, 0.2) is 6.29 Å². The molecule has 1 saturated heterocycles. The van der Waals surface area contributed by atoms with E-state index in [-0.39, 0.29) is 23.8 Å². The van der Waals surface area contributed by atoms with Crippen molar-refractivity contribution in [2.75, 3.05) is 12.4 Å². The zero-order chi connectivity index (χ0) is 15.1. The highest BCUT2D eigenvalue weighted by Crippen LogP contribution is 2.29. The molecule has 1 fully saturated rings. The largest absolute Gasteiger partial charge is 0.396 e. The van der Waals surface area contributed by atoms with Crippen LogP contribution in [0.3, 0.4) is 0 Å². The zero-order valence-electron chi connectivity index (χ0n) is 11.9. The van der Waals surface area contributed by atoms with Gasteiger partial charge in [0.05, 0.1) is 18.1 Å². The lowest BCUT2D eigenvalue weighted by Gasteiger charge is -2.34. The molecule has 7 heteroatoms. The summed E-state index contributed by atoms with van der Waals surface area (Å²) in [6, 6.07) is 4.58. The number of halogens is 1. The molecule has 112 valence electrons. The lowest BCUT2D eigenvalue weighted by molar-refractivity contribution is -0.132. The van der Waals surface area contributed by atoms with Crippen molar-refractivity contribution in [3.8, 4) is 0 Å². The Hall–Kier alpha value is -2.12. The average Bonchev–Trinajstić information content (AvgIpc) is 2.90. The molecule has 0 bridgehead atoms. The Bertz CT molecular complexity index is 628. The third-order valence-electron chi connectivity index (χ3n) is 3.67. The molecule has 1 aromatic carbocycles. The number of amides is 1. The second-order valence-corrected chi connectivity index (χ2v) is 5.44. The van der Waals surface area contributed by atoms with E-state index >= 15 is 0 Å². The summed E-state index contributed by atoms with van der Waals surface area (Å²) in [6.45, 7) is 4.37. The number of hydrazine groups is 1. The smallest absolute Gasteiger partial charge is 0.269 e. The summed E-state index contributed by atoms with van der Waals surface area (Å²) in [5.41, 5.74) is 10.5. The van der Waals surface area contributed by atoms with Crippen LogP contribution in [0.4, 0.5) is 10.1 Å². The summed E-state index contributed by atoms with van der Waals surface area (Å²) in [5, 5.41) is 7.87. The van der Waals surface area contributed by atoms with Crippen molar-refractivity contribution in [1.82, 2.24) is 21.1 Å². The first-order valence-corrected chi connectivity index (χ1v) is 6.85. The van der Waals surface area contributed by atoms with E-state index in [1.165, 1.54) is 17.1 Å². The predicted molar refractivity (Wildman–Crippen MR) is 77.5 cm³/mol. The van der Waals surface area contributed by atoms with Gasteiger partial charge in [-0.25, -0.2) is 14.8 Å². The summed E-state index contributed by atoms with van der Waals surface area (Å²) < 4.78 is 13.7. The summed E-state index contributed by atoms with van der Waals surface area (Å²) in [7, 11) is 0. The minimum atomic E-state index is -0.489. The normalized spacial score (nSPS) is 21.8. The maximum atomic E-state index is 13.7. The molecule has 1 unspecified atom stereocenters. The monoisotopic (exact) mass is 291 g/mol. The molecule has 0 aromatic heterocycles. The minimum absolute atomic E-state index is 0.00367. The molecule has 1 atom stereocenters. The van der Waals surface area contributed by atoms with Gasteiger partial charge in [-0.1, -0.05) is 19.9 Å². The van der Waals surface area contributed by atoms with Crippen molar-refractivity contribution >= 4 is 17.3 Å². The second kappa shape index (κ2) is 5.01. The van der Waals surface area contributed by atoms with Crippen molar-refractivity contribution < 1.29 is 9.18 Å². The number of fused-ring (bicyclic) bond motifs is 1. The Morgan fingerprint density at radius 2 is 2.19 bits per heavy atom. The third-order valence-corrected chi connectivity index (χ3v) is 3.67. The molecular formula is C14H18FN5O. The first-order chi connectivity index (χ1) is 9.99. The Kier molecular flexibility index (Phi) is 3.30. The second-order valence-electron chi connectivity index (χ2n) is 5.44. The standard InChI is InChI=1S/C14H18FN5O/c1-7(2)11-12(8-3-4-10(16)9(15)5-8)19-14-17-6-18-20(14)13(11)21/h3-5,7,14,17-19H,6,16H2,1-2H3. The Labute approximate surface area is 122 Å². The number of carbonyl (C=O) groups excluding carboxylic acids is 1. The molecule has 1 amide bonds. The zero-order valence-corrected chi connectivity index (χ0v) is 11.9. The molecule has 2 heterocycles. The van der Waals surface area contributed by atoms with E-state index in [4.69, 9.17) is 5.73 Å². The number of anilines is 1. The number of nitrogens with zero attached hydrogens (tertiary/aromatic N) is 1. The number of nitrogen functional groups attached to an aromatic ring is 1. The predicted octanol–water partition coefficient (Wildman–Crippen LogP) is 0.556. The number of benzene rings is 1. The molecule has 0 aliphatic carbocycles. The highest BCUT2D eigenvalue weighted by atomic mass is 19.1. The number of carbonyl (C=O) groups is 1. The minimum Gasteiger partial charge on any atom is -0.396 e. The van der Waals surface area contributed by atoms with Gasteiger partial charge in [-0.3, -0.25) is 10.1 Å². The van der Waals surface area contributed by atoms with E-state index in [1.54, 1.807) is 6.07 Å². The van der Waals surface area contributed by atoms with E-state index in [9.17, 15) is 9.18 Å². The summed E-state index contributed by atoms with van der Waals surface area (Å²) in [5.74, 6) is -0.591. The fourth-order valence-corrected chi connectivity index (χ4v) is 2.62. The van der Waals surface area contributed by atoms with Gasteiger partial charge in [0.25, 0.3) is 5.91 Å². The van der Waals surface area contributed by atoms with Crippen LogP contribution >= 0.6 is 0 Å². The highest BCUT2D eigenvalue weighted by Gasteiger charge is 2.38. The number of nitrogens with two attached hydrogens (primary N) is 1. The van der Waals surface area contributed by atoms with Gasteiger partial charge in [0.2, 0.25) is 0 Å². The van der Waals surface area contributed by atoms with Crippen molar-refractivity contribution in [3.05, 3.63) is 35.2 Å². The first-order valence-electron chi connectivity index (χ1n) is 6.85. The van der Waals surface area contributed by atoms with Crippen molar-refractivity contribution in [3.63, 3.8) is 0 Å². The molecule has 2 aliphatic rings. The van der Waals surface area contributed by atoms with Crippen molar-refractivity contribution in [1.29, 1.82) is 0 Å². The third kappa shape index (κ3) is 2.24. The van der Waals surface area contributed by atoms with Crippen LogP contribution in [0.5, 0.6) is 0 Å². The molecule has 0 spiro atoms. The van der Waals surface area contributed by atoms with E-state index in [2.05, 4.69) is 16.1 Å². The van der Waals surface area contributed by atoms with E-state index in [0.29, 0.717) is 23.5 Å². The molecule has 2 aliphatic heterocycles. The topological polar surface area (TPSA) is 82.4 Å². The fraction of sp³-hybridized carbons (Fsp3) is 0.357. The van der Waals surface area contributed by atoms with E-state index in [0.717, 1.165) is 0 Å². The SMILES string of the molecule is CC(C)C1=C(c2ccc(N)c(F)c2)NC2NCNN2C1=O. The average molecular weight is 291 g/mol. The highest BCUT2D eigenvalue weighted by molar-refractivity contribution is 6.02. The van der Waals surface area contributed by atoms with Crippen LogP contribution < -0.4 is 21.8 Å². The number of hydrogen-bond acceptors (Lipinski definition) is 5. The van der Waals surface area contributed by atoms with Crippen LogP contribution in [-0.4, -0.2) is 23.9 Å². The van der Waals surface area contributed by atoms with Crippen LogP contribution in [0.15, 0.2) is 23.8 Å². The molecule has 0 radical (unpaired) electrons. The molecular weight excluding hydrogens is 273 g/mol. The van der Waals surface area contributed by atoms with Gasteiger partial charge >= 0.3 is 0 Å². The lowest BCUT2D eigenvalue weighted by atomic mass is 9.94. The molecule has 1 aromatic rings. The molecule has 5 N–H and O–H groups in total. The number of rotatable bonds is 2. The van der Waals surface area contributed by atoms with Crippen LogP contribution in [0, 0.1) is 11.7 Å². The Morgan fingerprint density at radius 1 is 1.43 bits per heavy atom. The lowest BCUT2D eigenvalue weighted by Crippen LogP contribution is -2.56. The van der Waals surface area contributed by atoms with Gasteiger partial charge < -0.3 is 11.1 Å². The van der Waals surface area contributed by atoms with Crippen LogP contribution in [-0.2, 0) is 4.79 Å². The van der Waals surface area contributed by atoms with Gasteiger partial charge in [0.1, 0.15) is 5.82 Å².